The first-order valence-electron chi connectivity index (χ1n) is 9.52. The predicted molar refractivity (Wildman–Crippen MR) is 111 cm³/mol. The lowest BCUT2D eigenvalue weighted by Gasteiger charge is -2.27. The van der Waals surface area contributed by atoms with Crippen molar-refractivity contribution in [3.8, 4) is 5.75 Å². The van der Waals surface area contributed by atoms with Crippen LogP contribution in [0.3, 0.4) is 0 Å². The topological polar surface area (TPSA) is 76.2 Å². The maximum Gasteiger partial charge on any atom is 0.258 e. The van der Waals surface area contributed by atoms with Crippen LogP contribution in [0.15, 0.2) is 47.4 Å². The molecule has 0 aliphatic carbocycles. The fourth-order valence-corrected chi connectivity index (χ4v) is 5.08. The number of methoxy groups -OCH3 is 1. The van der Waals surface area contributed by atoms with Crippen molar-refractivity contribution in [1.29, 1.82) is 0 Å². The number of carbonyl (C=O) groups is 1. The number of nitrogens with zero attached hydrogens (tertiary/aromatic N) is 2. The van der Waals surface area contributed by atoms with Gasteiger partial charge < -0.3 is 14.4 Å². The van der Waals surface area contributed by atoms with Gasteiger partial charge in [-0.1, -0.05) is 25.1 Å². The number of anilines is 1. The second kappa shape index (κ2) is 8.94. The molecule has 1 aliphatic rings. The third kappa shape index (κ3) is 4.29. The van der Waals surface area contributed by atoms with E-state index in [2.05, 4.69) is 0 Å². The molecular weight excluding hydrogens is 392 g/mol. The van der Waals surface area contributed by atoms with E-state index in [-0.39, 0.29) is 10.8 Å². The molecule has 1 fully saturated rings. The van der Waals surface area contributed by atoms with Gasteiger partial charge in [0.2, 0.25) is 10.0 Å². The van der Waals surface area contributed by atoms with Crippen LogP contribution >= 0.6 is 0 Å². The van der Waals surface area contributed by atoms with Gasteiger partial charge in [-0.25, -0.2) is 8.42 Å². The van der Waals surface area contributed by atoms with Crippen LogP contribution in [0.1, 0.15) is 22.8 Å². The molecule has 0 saturated carbocycles. The Morgan fingerprint density at radius 3 is 2.52 bits per heavy atom. The Morgan fingerprint density at radius 2 is 1.86 bits per heavy atom. The number of carbonyl (C=O) groups excluding carboxylic acids is 1. The first-order valence-corrected chi connectivity index (χ1v) is 11.0. The summed E-state index contributed by atoms with van der Waals surface area (Å²) in [4.78, 5) is 14.8. The highest BCUT2D eigenvalue weighted by Crippen LogP contribution is 2.29. The molecule has 0 bridgehead atoms. The molecular formula is C21H26N2O5S. The Morgan fingerprint density at radius 1 is 1.17 bits per heavy atom. The zero-order valence-electron chi connectivity index (χ0n) is 16.9. The molecule has 7 nitrogen and oxygen atoms in total. The number of para-hydroxylation sites is 2. The zero-order chi connectivity index (χ0) is 21.0. The van der Waals surface area contributed by atoms with Crippen LogP contribution in [-0.4, -0.2) is 59.1 Å². The Hall–Kier alpha value is -2.42. The van der Waals surface area contributed by atoms with Crippen molar-refractivity contribution in [1.82, 2.24) is 4.31 Å². The SMILES string of the molecule is CCc1ccc(C(=O)N(C)c2ccccc2OC)cc1S(=O)(=O)N1CCOCC1. The first-order chi connectivity index (χ1) is 13.9. The number of morpholine rings is 1. The first kappa shape index (κ1) is 21.3. The Bertz CT molecular complexity index is 984. The van der Waals surface area contributed by atoms with E-state index in [1.807, 2.05) is 19.1 Å². The molecule has 0 atom stereocenters. The van der Waals surface area contributed by atoms with Crippen molar-refractivity contribution in [3.05, 3.63) is 53.6 Å². The van der Waals surface area contributed by atoms with Gasteiger partial charge in [0.05, 0.1) is 30.9 Å². The fraction of sp³-hybridized carbons (Fsp3) is 0.381. The van der Waals surface area contributed by atoms with Crippen molar-refractivity contribution in [3.63, 3.8) is 0 Å². The van der Waals surface area contributed by atoms with E-state index in [1.165, 1.54) is 15.3 Å². The van der Waals surface area contributed by atoms with Gasteiger partial charge in [-0.15, -0.1) is 0 Å². The number of amides is 1. The van der Waals surface area contributed by atoms with Crippen LogP contribution in [0.2, 0.25) is 0 Å². The molecule has 2 aromatic rings. The molecule has 8 heteroatoms. The third-order valence-corrected chi connectivity index (χ3v) is 7.01. The van der Waals surface area contributed by atoms with E-state index in [1.54, 1.807) is 38.4 Å². The van der Waals surface area contributed by atoms with Gasteiger partial charge in [0, 0.05) is 25.7 Å². The Balaban J connectivity index is 1.99. The van der Waals surface area contributed by atoms with Gasteiger partial charge in [-0.3, -0.25) is 4.79 Å². The highest BCUT2D eigenvalue weighted by molar-refractivity contribution is 7.89. The number of aryl methyl sites for hydroxylation is 1. The minimum Gasteiger partial charge on any atom is -0.495 e. The molecule has 0 radical (unpaired) electrons. The van der Waals surface area contributed by atoms with Crippen LogP contribution in [0.5, 0.6) is 5.75 Å². The minimum atomic E-state index is -3.71. The Kier molecular flexibility index (Phi) is 6.56. The summed E-state index contributed by atoms with van der Waals surface area (Å²) in [6.07, 6.45) is 0.551. The summed E-state index contributed by atoms with van der Waals surface area (Å²) < 4.78 is 38.4. The molecule has 1 heterocycles. The number of ether oxygens (including phenoxy) is 2. The van der Waals surface area contributed by atoms with Crippen molar-refractivity contribution in [2.45, 2.75) is 18.2 Å². The van der Waals surface area contributed by atoms with Crippen molar-refractivity contribution < 1.29 is 22.7 Å². The number of sulfonamides is 1. The van der Waals surface area contributed by atoms with E-state index in [0.717, 1.165) is 0 Å². The average Bonchev–Trinajstić information content (AvgIpc) is 2.78. The lowest BCUT2D eigenvalue weighted by Crippen LogP contribution is -2.41. The second-order valence-corrected chi connectivity index (χ2v) is 8.63. The molecule has 3 rings (SSSR count). The number of benzene rings is 2. The van der Waals surface area contributed by atoms with Crippen LogP contribution in [0, 0.1) is 0 Å². The van der Waals surface area contributed by atoms with Crippen LogP contribution < -0.4 is 9.64 Å². The number of hydrogen-bond donors (Lipinski definition) is 0. The molecule has 1 saturated heterocycles. The predicted octanol–water partition coefficient (Wildman–Crippen LogP) is 2.56. The molecule has 29 heavy (non-hydrogen) atoms. The van der Waals surface area contributed by atoms with E-state index in [0.29, 0.717) is 55.3 Å². The summed E-state index contributed by atoms with van der Waals surface area (Å²) in [5.74, 6) is 0.255. The quantitative estimate of drug-likeness (QED) is 0.721. The van der Waals surface area contributed by atoms with E-state index >= 15 is 0 Å². The molecule has 0 N–H and O–H groups in total. The molecule has 156 valence electrons. The second-order valence-electron chi connectivity index (χ2n) is 6.73. The Labute approximate surface area is 171 Å². The van der Waals surface area contributed by atoms with Crippen LogP contribution in [0.4, 0.5) is 5.69 Å². The lowest BCUT2D eigenvalue weighted by atomic mass is 10.1. The van der Waals surface area contributed by atoms with Crippen molar-refractivity contribution in [2.24, 2.45) is 0 Å². The molecule has 0 unspecified atom stereocenters. The monoisotopic (exact) mass is 418 g/mol. The number of rotatable bonds is 6. The average molecular weight is 419 g/mol. The van der Waals surface area contributed by atoms with Crippen molar-refractivity contribution in [2.75, 3.05) is 45.4 Å². The van der Waals surface area contributed by atoms with Crippen LogP contribution in [-0.2, 0) is 21.2 Å². The van der Waals surface area contributed by atoms with E-state index < -0.39 is 10.0 Å². The number of hydrogen-bond acceptors (Lipinski definition) is 5. The molecule has 0 aromatic heterocycles. The molecule has 0 spiro atoms. The standard InChI is InChI=1S/C21H26N2O5S/c1-4-16-9-10-17(15-20(16)29(25,26)23-11-13-28-14-12-23)21(24)22(2)18-7-5-6-8-19(18)27-3/h5-10,15H,4,11-14H2,1-3H3. The van der Waals surface area contributed by atoms with Crippen molar-refractivity contribution >= 4 is 21.6 Å². The van der Waals surface area contributed by atoms with Gasteiger partial charge in [-0.05, 0) is 36.2 Å². The fourth-order valence-electron chi connectivity index (χ4n) is 3.36. The molecule has 2 aromatic carbocycles. The van der Waals surface area contributed by atoms with E-state index in [9.17, 15) is 13.2 Å². The smallest absolute Gasteiger partial charge is 0.258 e. The van der Waals surface area contributed by atoms with Gasteiger partial charge in [0.25, 0.3) is 5.91 Å². The van der Waals surface area contributed by atoms with Gasteiger partial charge in [0.1, 0.15) is 5.75 Å². The van der Waals surface area contributed by atoms with Gasteiger partial charge in [0.15, 0.2) is 0 Å². The van der Waals surface area contributed by atoms with Crippen LogP contribution in [0.25, 0.3) is 0 Å². The summed E-state index contributed by atoms with van der Waals surface area (Å²) in [7, 11) is -0.521. The summed E-state index contributed by atoms with van der Waals surface area (Å²) in [5, 5.41) is 0. The van der Waals surface area contributed by atoms with Gasteiger partial charge in [-0.2, -0.15) is 4.31 Å². The molecule has 1 aliphatic heterocycles. The summed E-state index contributed by atoms with van der Waals surface area (Å²) >= 11 is 0. The zero-order valence-corrected chi connectivity index (χ0v) is 17.7. The maximum atomic E-state index is 13.2. The normalized spacial score (nSPS) is 15.1. The summed E-state index contributed by atoms with van der Waals surface area (Å²) in [5.41, 5.74) is 1.60. The summed E-state index contributed by atoms with van der Waals surface area (Å²) in [6, 6.07) is 12.1. The largest absolute Gasteiger partial charge is 0.495 e. The highest BCUT2D eigenvalue weighted by atomic mass is 32.2. The minimum absolute atomic E-state index is 0.182. The lowest BCUT2D eigenvalue weighted by molar-refractivity contribution is 0.0730. The van der Waals surface area contributed by atoms with Gasteiger partial charge >= 0.3 is 0 Å². The molecule has 1 amide bonds. The van der Waals surface area contributed by atoms with E-state index in [4.69, 9.17) is 9.47 Å². The third-order valence-electron chi connectivity index (χ3n) is 5.03. The summed E-state index contributed by atoms with van der Waals surface area (Å²) in [6.45, 7) is 3.26. The maximum absolute atomic E-state index is 13.2. The highest BCUT2D eigenvalue weighted by Gasteiger charge is 2.29.